The summed E-state index contributed by atoms with van der Waals surface area (Å²) in [6, 6.07) is 3.86. The molecule has 134 valence electrons. The Morgan fingerprint density at radius 2 is 2.28 bits per heavy atom. The third kappa shape index (κ3) is 3.55. The summed E-state index contributed by atoms with van der Waals surface area (Å²) in [7, 11) is 0. The van der Waals surface area contributed by atoms with Crippen molar-refractivity contribution < 1.29 is 9.47 Å². The number of ether oxygens (including phenoxy) is 2. The van der Waals surface area contributed by atoms with Gasteiger partial charge in [0, 0.05) is 50.7 Å². The molecule has 1 atom stereocenters. The van der Waals surface area contributed by atoms with E-state index in [1.807, 2.05) is 23.0 Å². The zero-order valence-corrected chi connectivity index (χ0v) is 14.8. The van der Waals surface area contributed by atoms with Crippen LogP contribution in [0.3, 0.4) is 0 Å². The minimum atomic E-state index is 0.0407. The topological polar surface area (TPSA) is 52.4 Å². The van der Waals surface area contributed by atoms with E-state index in [9.17, 15) is 0 Å². The van der Waals surface area contributed by atoms with Crippen molar-refractivity contribution in [1.82, 2.24) is 19.7 Å². The molecule has 4 heterocycles. The van der Waals surface area contributed by atoms with E-state index in [0.29, 0.717) is 5.92 Å². The smallest absolute Gasteiger partial charge is 0.137 e. The first-order valence-electron chi connectivity index (χ1n) is 9.18. The molecule has 0 aromatic carbocycles. The molecule has 4 rings (SSSR count). The summed E-state index contributed by atoms with van der Waals surface area (Å²) in [5.41, 5.74) is 1.32. The maximum Gasteiger partial charge on any atom is 0.137 e. The predicted octanol–water partition coefficient (Wildman–Crippen LogP) is 2.36. The Morgan fingerprint density at radius 1 is 1.36 bits per heavy atom. The normalized spacial score (nSPS) is 22.2. The Labute approximate surface area is 148 Å². The van der Waals surface area contributed by atoms with Gasteiger partial charge in [0.2, 0.25) is 0 Å². The molecule has 2 saturated heterocycles. The zero-order chi connectivity index (χ0) is 17.1. The SMILES string of the molecule is CCn1cc(CN2CC3(C2)OCC[C@@H]3CCOc2cccnc2)cn1. The van der Waals surface area contributed by atoms with Gasteiger partial charge in [-0.15, -0.1) is 0 Å². The number of hydrogen-bond donors (Lipinski definition) is 0. The van der Waals surface area contributed by atoms with Crippen LogP contribution >= 0.6 is 0 Å². The van der Waals surface area contributed by atoms with Gasteiger partial charge in [-0.1, -0.05) is 0 Å². The molecule has 2 fully saturated rings. The summed E-state index contributed by atoms with van der Waals surface area (Å²) >= 11 is 0. The average Bonchev–Trinajstić information content (AvgIpc) is 3.23. The molecule has 2 aliphatic heterocycles. The highest BCUT2D eigenvalue weighted by molar-refractivity contribution is 5.15. The summed E-state index contributed by atoms with van der Waals surface area (Å²) in [6.45, 7) is 7.63. The summed E-state index contributed by atoms with van der Waals surface area (Å²) in [4.78, 5) is 6.54. The second-order valence-electron chi connectivity index (χ2n) is 7.07. The molecule has 0 N–H and O–H groups in total. The van der Waals surface area contributed by atoms with Gasteiger partial charge in [0.1, 0.15) is 5.75 Å². The predicted molar refractivity (Wildman–Crippen MR) is 94.3 cm³/mol. The lowest BCUT2D eigenvalue weighted by molar-refractivity contribution is -0.138. The molecule has 2 aliphatic rings. The number of hydrogen-bond acceptors (Lipinski definition) is 5. The molecular formula is C19H26N4O2. The van der Waals surface area contributed by atoms with E-state index in [4.69, 9.17) is 9.47 Å². The molecule has 25 heavy (non-hydrogen) atoms. The molecule has 6 heteroatoms. The highest BCUT2D eigenvalue weighted by Gasteiger charge is 2.52. The maximum atomic E-state index is 6.16. The Morgan fingerprint density at radius 3 is 3.04 bits per heavy atom. The molecule has 6 nitrogen and oxygen atoms in total. The maximum absolute atomic E-state index is 6.16. The van der Waals surface area contributed by atoms with Crippen LogP contribution in [0.25, 0.3) is 0 Å². The van der Waals surface area contributed by atoms with E-state index in [1.165, 1.54) is 5.56 Å². The van der Waals surface area contributed by atoms with Crippen LogP contribution in [0.15, 0.2) is 36.9 Å². The average molecular weight is 342 g/mol. The van der Waals surface area contributed by atoms with Crippen LogP contribution in [0.5, 0.6) is 5.75 Å². The number of likely N-dealkylation sites (tertiary alicyclic amines) is 1. The highest BCUT2D eigenvalue weighted by Crippen LogP contribution is 2.42. The van der Waals surface area contributed by atoms with E-state index in [1.54, 1.807) is 12.4 Å². The fraction of sp³-hybridized carbons (Fsp3) is 0.579. The van der Waals surface area contributed by atoms with Crippen LogP contribution in [0.2, 0.25) is 0 Å². The van der Waals surface area contributed by atoms with Gasteiger partial charge >= 0.3 is 0 Å². The van der Waals surface area contributed by atoms with Gasteiger partial charge < -0.3 is 9.47 Å². The monoisotopic (exact) mass is 342 g/mol. The van der Waals surface area contributed by atoms with Crippen molar-refractivity contribution >= 4 is 0 Å². The molecule has 0 amide bonds. The van der Waals surface area contributed by atoms with Crippen LogP contribution < -0.4 is 4.74 Å². The van der Waals surface area contributed by atoms with Gasteiger partial charge in [-0.25, -0.2) is 0 Å². The largest absolute Gasteiger partial charge is 0.492 e. The van der Waals surface area contributed by atoms with Crippen molar-refractivity contribution in [2.45, 2.75) is 38.5 Å². The van der Waals surface area contributed by atoms with Crippen molar-refractivity contribution in [2.24, 2.45) is 5.92 Å². The first kappa shape index (κ1) is 16.5. The van der Waals surface area contributed by atoms with E-state index < -0.39 is 0 Å². The third-order valence-corrected chi connectivity index (χ3v) is 5.37. The Bertz CT molecular complexity index is 682. The van der Waals surface area contributed by atoms with Crippen LogP contribution in [0.1, 0.15) is 25.3 Å². The van der Waals surface area contributed by atoms with Crippen LogP contribution in [0, 0.1) is 5.92 Å². The van der Waals surface area contributed by atoms with Gasteiger partial charge in [-0.3, -0.25) is 14.6 Å². The van der Waals surface area contributed by atoms with Gasteiger partial charge in [-0.2, -0.15) is 5.10 Å². The number of aryl methyl sites for hydroxylation is 1. The lowest BCUT2D eigenvalue weighted by Crippen LogP contribution is -2.64. The van der Waals surface area contributed by atoms with Gasteiger partial charge in [0.05, 0.1) is 24.6 Å². The number of aromatic nitrogens is 3. The quantitative estimate of drug-likeness (QED) is 0.773. The second-order valence-corrected chi connectivity index (χ2v) is 7.07. The van der Waals surface area contributed by atoms with Crippen LogP contribution in [0.4, 0.5) is 0 Å². The zero-order valence-electron chi connectivity index (χ0n) is 14.8. The minimum Gasteiger partial charge on any atom is -0.492 e. The first-order valence-corrected chi connectivity index (χ1v) is 9.18. The molecule has 1 spiro atoms. The standard InChI is InChI=1S/C19H26N4O2/c1-2-23-13-16(10-21-23)12-22-14-19(15-22)17(6-9-25-19)5-8-24-18-4-3-7-20-11-18/h3-4,7,10-11,13,17H,2,5-6,8-9,12,14-15H2,1H3/t17-/m0/s1. The molecule has 0 bridgehead atoms. The molecule has 2 aromatic rings. The summed E-state index contributed by atoms with van der Waals surface area (Å²) < 4.78 is 14.0. The lowest BCUT2D eigenvalue weighted by Gasteiger charge is -2.50. The van der Waals surface area contributed by atoms with E-state index in [-0.39, 0.29) is 5.60 Å². The fourth-order valence-corrected chi connectivity index (χ4v) is 4.04. The van der Waals surface area contributed by atoms with Crippen LogP contribution in [-0.4, -0.2) is 51.6 Å². The Balaban J connectivity index is 1.26. The number of pyridine rings is 1. The highest BCUT2D eigenvalue weighted by atomic mass is 16.5. The van der Waals surface area contributed by atoms with E-state index in [2.05, 4.69) is 28.1 Å². The van der Waals surface area contributed by atoms with Crippen molar-refractivity contribution in [3.8, 4) is 5.75 Å². The fourth-order valence-electron chi connectivity index (χ4n) is 4.04. The molecule has 0 aliphatic carbocycles. The second kappa shape index (κ2) is 7.14. The third-order valence-electron chi connectivity index (χ3n) is 5.37. The molecule has 2 aromatic heterocycles. The van der Waals surface area contributed by atoms with E-state index >= 15 is 0 Å². The Hall–Kier alpha value is -1.92. The first-order chi connectivity index (χ1) is 12.3. The van der Waals surface area contributed by atoms with Gasteiger partial charge in [0.25, 0.3) is 0 Å². The van der Waals surface area contributed by atoms with Crippen molar-refractivity contribution in [3.63, 3.8) is 0 Å². The summed E-state index contributed by atoms with van der Waals surface area (Å²) in [5, 5.41) is 4.36. The van der Waals surface area contributed by atoms with Gasteiger partial charge in [-0.05, 0) is 37.8 Å². The Kier molecular flexibility index (Phi) is 4.72. The van der Waals surface area contributed by atoms with Crippen molar-refractivity contribution in [3.05, 3.63) is 42.5 Å². The van der Waals surface area contributed by atoms with Crippen molar-refractivity contribution in [1.29, 1.82) is 0 Å². The molecule has 0 unspecified atom stereocenters. The number of rotatable bonds is 7. The lowest BCUT2D eigenvalue weighted by atomic mass is 9.79. The number of nitrogens with zero attached hydrogens (tertiary/aromatic N) is 4. The van der Waals surface area contributed by atoms with Crippen molar-refractivity contribution in [2.75, 3.05) is 26.3 Å². The molecule has 0 radical (unpaired) electrons. The summed E-state index contributed by atoms with van der Waals surface area (Å²) in [5.74, 6) is 1.43. The molecular weight excluding hydrogens is 316 g/mol. The van der Waals surface area contributed by atoms with Gasteiger partial charge in [0.15, 0.2) is 0 Å². The minimum absolute atomic E-state index is 0.0407. The van der Waals surface area contributed by atoms with E-state index in [0.717, 1.165) is 58.0 Å². The van der Waals surface area contributed by atoms with Crippen LogP contribution in [-0.2, 0) is 17.8 Å². The summed E-state index contributed by atoms with van der Waals surface area (Å²) in [6.07, 6.45) is 9.82. The molecule has 0 saturated carbocycles.